The molecule has 1 aliphatic rings. The zero-order valence-corrected chi connectivity index (χ0v) is 17.9. The molecule has 1 aromatic heterocycles. The third-order valence-corrected chi connectivity index (χ3v) is 8.15. The number of sulfonamides is 1. The first-order chi connectivity index (χ1) is 13.3. The molecular weight excluding hydrogens is 400 g/mol. The van der Waals surface area contributed by atoms with E-state index in [-0.39, 0.29) is 10.1 Å². The van der Waals surface area contributed by atoms with E-state index in [1.807, 2.05) is 13.8 Å². The average molecular weight is 425 g/mol. The molecule has 3 rings (SSSR count). The summed E-state index contributed by atoms with van der Waals surface area (Å²) in [7, 11) is -0.626. The average Bonchev–Trinajstić information content (AvgIpc) is 3.32. The van der Waals surface area contributed by atoms with Crippen LogP contribution in [0.5, 0.6) is 11.5 Å². The maximum Gasteiger partial charge on any atom is 0.253 e. The molecule has 0 aliphatic carbocycles. The monoisotopic (exact) mass is 424 g/mol. The molecule has 1 aliphatic heterocycles. The van der Waals surface area contributed by atoms with Crippen LogP contribution < -0.4 is 14.8 Å². The number of nitrogens with one attached hydrogen (secondary N) is 1. The molecule has 1 N–H and O–H groups in total. The van der Waals surface area contributed by atoms with Crippen LogP contribution >= 0.6 is 11.3 Å². The van der Waals surface area contributed by atoms with Gasteiger partial charge in [0.05, 0.1) is 14.2 Å². The molecule has 0 spiro atoms. The standard InChI is InChI=1S/C19H24N2O5S2/c1-12-10-16(25-3)17(26-4)11-14(12)20-19(22)15-6-5-9-21(15)28(23,24)18-8-7-13(2)27-18/h7-8,10-11,15H,5-6,9H2,1-4H3,(H,20,22). The van der Waals surface area contributed by atoms with E-state index in [0.29, 0.717) is 36.6 Å². The molecular formula is C19H24N2O5S2. The number of amides is 1. The molecule has 28 heavy (non-hydrogen) atoms. The summed E-state index contributed by atoms with van der Waals surface area (Å²) in [5, 5.41) is 2.86. The Morgan fingerprint density at radius 1 is 1.18 bits per heavy atom. The number of carbonyl (C=O) groups excluding carboxylic acids is 1. The van der Waals surface area contributed by atoms with Crippen LogP contribution in [0, 0.1) is 13.8 Å². The zero-order chi connectivity index (χ0) is 20.5. The lowest BCUT2D eigenvalue weighted by atomic mass is 10.1. The normalized spacial score (nSPS) is 17.5. The summed E-state index contributed by atoms with van der Waals surface area (Å²) in [6, 6.07) is 6.09. The first-order valence-corrected chi connectivity index (χ1v) is 11.2. The van der Waals surface area contributed by atoms with Gasteiger partial charge < -0.3 is 14.8 Å². The molecule has 2 aromatic rings. The molecule has 0 saturated carbocycles. The maximum absolute atomic E-state index is 13.0. The highest BCUT2D eigenvalue weighted by Crippen LogP contribution is 2.34. The lowest BCUT2D eigenvalue weighted by Crippen LogP contribution is -2.42. The van der Waals surface area contributed by atoms with E-state index in [0.717, 1.165) is 10.4 Å². The summed E-state index contributed by atoms with van der Waals surface area (Å²) >= 11 is 1.22. The molecule has 1 aromatic carbocycles. The number of hydrogen-bond donors (Lipinski definition) is 1. The second-order valence-corrected chi connectivity index (χ2v) is 10.1. The van der Waals surface area contributed by atoms with Crippen molar-refractivity contribution in [3.63, 3.8) is 0 Å². The molecule has 1 fully saturated rings. The van der Waals surface area contributed by atoms with E-state index in [9.17, 15) is 13.2 Å². The van der Waals surface area contributed by atoms with Crippen LogP contribution in [0.4, 0.5) is 5.69 Å². The van der Waals surface area contributed by atoms with Crippen molar-refractivity contribution in [2.24, 2.45) is 0 Å². The second kappa shape index (κ2) is 8.10. The quantitative estimate of drug-likeness (QED) is 0.770. The number of thiophene rings is 1. The lowest BCUT2D eigenvalue weighted by molar-refractivity contribution is -0.119. The highest BCUT2D eigenvalue weighted by atomic mass is 32.2. The van der Waals surface area contributed by atoms with Crippen molar-refractivity contribution in [2.45, 2.75) is 36.9 Å². The van der Waals surface area contributed by atoms with Crippen molar-refractivity contribution in [3.05, 3.63) is 34.7 Å². The molecule has 152 valence electrons. The minimum absolute atomic E-state index is 0.270. The van der Waals surface area contributed by atoms with E-state index in [1.54, 1.807) is 31.4 Å². The fourth-order valence-electron chi connectivity index (χ4n) is 3.29. The van der Waals surface area contributed by atoms with Crippen molar-refractivity contribution < 1.29 is 22.7 Å². The predicted octanol–water partition coefficient (Wildman–Crippen LogP) is 3.17. The summed E-state index contributed by atoms with van der Waals surface area (Å²) in [6.45, 7) is 4.04. The van der Waals surface area contributed by atoms with Gasteiger partial charge in [-0.05, 0) is 50.5 Å². The maximum atomic E-state index is 13.0. The molecule has 2 heterocycles. The van der Waals surface area contributed by atoms with Gasteiger partial charge in [0.1, 0.15) is 10.3 Å². The minimum atomic E-state index is -3.69. The van der Waals surface area contributed by atoms with E-state index in [2.05, 4.69) is 5.32 Å². The van der Waals surface area contributed by atoms with Crippen molar-refractivity contribution in [1.29, 1.82) is 0 Å². The second-order valence-electron chi connectivity index (χ2n) is 6.65. The van der Waals surface area contributed by atoms with Gasteiger partial charge >= 0.3 is 0 Å². The van der Waals surface area contributed by atoms with Gasteiger partial charge in [0, 0.05) is 23.2 Å². The Hall–Kier alpha value is -2.10. The van der Waals surface area contributed by atoms with Gasteiger partial charge in [-0.15, -0.1) is 11.3 Å². The molecule has 0 bridgehead atoms. The number of benzene rings is 1. The number of hydrogen-bond acceptors (Lipinski definition) is 6. The Balaban J connectivity index is 1.84. The van der Waals surface area contributed by atoms with Crippen molar-refractivity contribution in [2.75, 3.05) is 26.1 Å². The van der Waals surface area contributed by atoms with Gasteiger partial charge in [-0.2, -0.15) is 4.31 Å². The van der Waals surface area contributed by atoms with Crippen molar-refractivity contribution in [1.82, 2.24) is 4.31 Å². The van der Waals surface area contributed by atoms with Gasteiger partial charge in [0.2, 0.25) is 5.91 Å². The van der Waals surface area contributed by atoms with E-state index in [4.69, 9.17) is 9.47 Å². The molecule has 9 heteroatoms. The first kappa shape index (κ1) is 20.6. The van der Waals surface area contributed by atoms with Gasteiger partial charge in [-0.1, -0.05) is 0 Å². The number of ether oxygens (including phenoxy) is 2. The van der Waals surface area contributed by atoms with Gasteiger partial charge in [-0.3, -0.25) is 4.79 Å². The Bertz CT molecular complexity index is 984. The molecule has 0 radical (unpaired) electrons. The summed E-state index contributed by atoms with van der Waals surface area (Å²) in [6.07, 6.45) is 1.13. The van der Waals surface area contributed by atoms with Crippen LogP contribution in [0.1, 0.15) is 23.3 Å². The molecule has 1 saturated heterocycles. The Labute approximate surface area is 169 Å². The van der Waals surface area contributed by atoms with Gasteiger partial charge in [0.25, 0.3) is 10.0 Å². The van der Waals surface area contributed by atoms with Crippen LogP contribution in [-0.4, -0.2) is 45.4 Å². The van der Waals surface area contributed by atoms with E-state index in [1.165, 1.54) is 22.8 Å². The summed E-state index contributed by atoms with van der Waals surface area (Å²) in [5.74, 6) is 0.717. The number of anilines is 1. The number of aryl methyl sites for hydroxylation is 2. The molecule has 1 unspecified atom stereocenters. The van der Waals surface area contributed by atoms with Crippen molar-refractivity contribution >= 4 is 33.0 Å². The number of rotatable bonds is 6. The molecule has 7 nitrogen and oxygen atoms in total. The first-order valence-electron chi connectivity index (χ1n) is 8.89. The van der Waals surface area contributed by atoms with E-state index < -0.39 is 16.1 Å². The molecule has 1 amide bonds. The number of carbonyl (C=O) groups is 1. The van der Waals surface area contributed by atoms with E-state index >= 15 is 0 Å². The fourth-order valence-corrected chi connectivity index (χ4v) is 6.36. The highest BCUT2D eigenvalue weighted by Gasteiger charge is 2.40. The van der Waals surface area contributed by atoms with Crippen LogP contribution in [0.25, 0.3) is 0 Å². The number of nitrogens with zero attached hydrogens (tertiary/aromatic N) is 1. The highest BCUT2D eigenvalue weighted by molar-refractivity contribution is 7.91. The minimum Gasteiger partial charge on any atom is -0.493 e. The topological polar surface area (TPSA) is 84.9 Å². The Morgan fingerprint density at radius 3 is 2.46 bits per heavy atom. The van der Waals surface area contributed by atoms with Crippen LogP contribution in [0.15, 0.2) is 28.5 Å². The zero-order valence-electron chi connectivity index (χ0n) is 16.3. The number of methoxy groups -OCH3 is 2. The van der Waals surface area contributed by atoms with Crippen LogP contribution in [0.2, 0.25) is 0 Å². The van der Waals surface area contributed by atoms with Crippen LogP contribution in [-0.2, 0) is 14.8 Å². The summed E-state index contributed by atoms with van der Waals surface area (Å²) in [4.78, 5) is 13.8. The smallest absolute Gasteiger partial charge is 0.253 e. The Morgan fingerprint density at radius 2 is 1.86 bits per heavy atom. The van der Waals surface area contributed by atoms with Crippen LogP contribution in [0.3, 0.4) is 0 Å². The Kier molecular flexibility index (Phi) is 5.97. The van der Waals surface area contributed by atoms with Gasteiger partial charge in [-0.25, -0.2) is 8.42 Å². The molecule has 1 atom stereocenters. The summed E-state index contributed by atoms with van der Waals surface area (Å²) < 4.78 is 38.1. The fraction of sp³-hybridized carbons (Fsp3) is 0.421. The van der Waals surface area contributed by atoms with Gasteiger partial charge in [0.15, 0.2) is 11.5 Å². The largest absolute Gasteiger partial charge is 0.493 e. The SMILES string of the molecule is COc1cc(C)c(NC(=O)C2CCCN2S(=O)(=O)c2ccc(C)s2)cc1OC. The lowest BCUT2D eigenvalue weighted by Gasteiger charge is -2.23. The summed E-state index contributed by atoms with van der Waals surface area (Å²) in [5.41, 5.74) is 1.37. The van der Waals surface area contributed by atoms with Crippen molar-refractivity contribution in [3.8, 4) is 11.5 Å². The third-order valence-electron chi connectivity index (χ3n) is 4.77. The third kappa shape index (κ3) is 3.87. The predicted molar refractivity (Wildman–Crippen MR) is 109 cm³/mol.